The van der Waals surface area contributed by atoms with E-state index >= 15 is 0 Å². The van der Waals surface area contributed by atoms with Crippen molar-refractivity contribution in [2.75, 3.05) is 0 Å². The van der Waals surface area contributed by atoms with Crippen molar-refractivity contribution in [3.05, 3.63) is 18.2 Å². The van der Waals surface area contributed by atoms with Crippen molar-refractivity contribution in [2.24, 2.45) is 5.92 Å². The zero-order chi connectivity index (χ0) is 11.0. The standard InChI is InChI=1S/C10H13N3O2/c1-6-5-8(14)13(10(6)15)7(2)9-11-3-4-12-9/h3-4,6-7H,5H2,1-2H3,(H,11,12). The summed E-state index contributed by atoms with van der Waals surface area (Å²) >= 11 is 0. The number of aromatic nitrogens is 2. The highest BCUT2D eigenvalue weighted by Crippen LogP contribution is 2.27. The first kappa shape index (κ1) is 9.89. The Morgan fingerprint density at radius 1 is 1.60 bits per heavy atom. The number of nitrogens with one attached hydrogen (secondary N) is 1. The molecule has 1 N–H and O–H groups in total. The van der Waals surface area contributed by atoms with Gasteiger partial charge in [-0.1, -0.05) is 6.92 Å². The summed E-state index contributed by atoms with van der Waals surface area (Å²) in [6.07, 6.45) is 3.60. The molecule has 1 aromatic rings. The van der Waals surface area contributed by atoms with Crippen molar-refractivity contribution in [3.63, 3.8) is 0 Å². The molecular weight excluding hydrogens is 194 g/mol. The molecule has 1 aliphatic rings. The molecule has 0 aliphatic carbocycles. The molecule has 2 amide bonds. The Hall–Kier alpha value is -1.65. The molecule has 0 bridgehead atoms. The number of hydrogen-bond donors (Lipinski definition) is 1. The number of H-pyrrole nitrogens is 1. The molecule has 2 unspecified atom stereocenters. The van der Waals surface area contributed by atoms with Crippen LogP contribution in [0.1, 0.15) is 32.1 Å². The lowest BCUT2D eigenvalue weighted by molar-refractivity contribution is -0.141. The van der Waals surface area contributed by atoms with Crippen LogP contribution in [-0.4, -0.2) is 26.7 Å². The van der Waals surface area contributed by atoms with Crippen LogP contribution >= 0.6 is 0 Å². The van der Waals surface area contributed by atoms with Gasteiger partial charge in [0.15, 0.2) is 0 Å². The number of rotatable bonds is 2. The number of nitrogens with zero attached hydrogens (tertiary/aromatic N) is 2. The van der Waals surface area contributed by atoms with Crippen molar-refractivity contribution in [2.45, 2.75) is 26.3 Å². The fraction of sp³-hybridized carbons (Fsp3) is 0.500. The van der Waals surface area contributed by atoms with Gasteiger partial charge in [0.1, 0.15) is 5.82 Å². The highest BCUT2D eigenvalue weighted by molar-refractivity contribution is 6.03. The summed E-state index contributed by atoms with van der Waals surface area (Å²) in [7, 11) is 0. The average Bonchev–Trinajstić information content (AvgIpc) is 2.76. The van der Waals surface area contributed by atoms with Crippen molar-refractivity contribution < 1.29 is 9.59 Å². The van der Waals surface area contributed by atoms with Crippen LogP contribution < -0.4 is 0 Å². The highest BCUT2D eigenvalue weighted by Gasteiger charge is 2.39. The largest absolute Gasteiger partial charge is 0.347 e. The lowest BCUT2D eigenvalue weighted by Crippen LogP contribution is -2.33. The molecule has 0 radical (unpaired) electrons. The Morgan fingerprint density at radius 3 is 2.80 bits per heavy atom. The summed E-state index contributed by atoms with van der Waals surface area (Å²) < 4.78 is 0. The van der Waals surface area contributed by atoms with E-state index in [2.05, 4.69) is 9.97 Å². The Labute approximate surface area is 87.5 Å². The first-order valence-electron chi connectivity index (χ1n) is 4.96. The fourth-order valence-electron chi connectivity index (χ4n) is 1.84. The fourth-order valence-corrected chi connectivity index (χ4v) is 1.84. The first-order valence-corrected chi connectivity index (χ1v) is 4.96. The third-order valence-corrected chi connectivity index (χ3v) is 2.71. The van der Waals surface area contributed by atoms with Crippen LogP contribution in [0, 0.1) is 5.92 Å². The second-order valence-corrected chi connectivity index (χ2v) is 3.86. The van der Waals surface area contributed by atoms with Crippen LogP contribution in [-0.2, 0) is 9.59 Å². The van der Waals surface area contributed by atoms with Gasteiger partial charge in [-0.2, -0.15) is 0 Å². The van der Waals surface area contributed by atoms with Crippen molar-refractivity contribution in [1.29, 1.82) is 0 Å². The van der Waals surface area contributed by atoms with E-state index in [1.54, 1.807) is 26.2 Å². The summed E-state index contributed by atoms with van der Waals surface area (Å²) in [4.78, 5) is 31.6. The van der Waals surface area contributed by atoms with E-state index < -0.39 is 0 Å². The molecule has 5 nitrogen and oxygen atoms in total. The SMILES string of the molecule is CC1CC(=O)N(C(C)c2ncc[nH]2)C1=O. The molecule has 5 heteroatoms. The molecular formula is C10H13N3O2. The van der Waals surface area contributed by atoms with Gasteiger partial charge in [-0.15, -0.1) is 0 Å². The maximum atomic E-state index is 11.7. The average molecular weight is 207 g/mol. The summed E-state index contributed by atoms with van der Waals surface area (Å²) in [6, 6.07) is -0.301. The van der Waals surface area contributed by atoms with Crippen molar-refractivity contribution >= 4 is 11.8 Å². The number of carbonyl (C=O) groups is 2. The van der Waals surface area contributed by atoms with Gasteiger partial charge < -0.3 is 4.98 Å². The van der Waals surface area contributed by atoms with Gasteiger partial charge in [-0.25, -0.2) is 4.98 Å². The zero-order valence-electron chi connectivity index (χ0n) is 8.73. The molecule has 2 rings (SSSR count). The van der Waals surface area contributed by atoms with E-state index in [1.165, 1.54) is 4.90 Å². The van der Waals surface area contributed by atoms with Gasteiger partial charge in [-0.05, 0) is 6.92 Å². The Balaban J connectivity index is 2.24. The first-order chi connectivity index (χ1) is 7.11. The normalized spacial score (nSPS) is 23.6. The summed E-state index contributed by atoms with van der Waals surface area (Å²) in [5.41, 5.74) is 0. The lowest BCUT2D eigenvalue weighted by Gasteiger charge is -2.20. The molecule has 1 aliphatic heterocycles. The monoisotopic (exact) mass is 207 g/mol. The molecule has 2 heterocycles. The second kappa shape index (κ2) is 3.49. The van der Waals surface area contributed by atoms with Crippen LogP contribution in [0.4, 0.5) is 0 Å². The van der Waals surface area contributed by atoms with E-state index in [1.807, 2.05) is 0 Å². The smallest absolute Gasteiger partial charge is 0.233 e. The highest BCUT2D eigenvalue weighted by atomic mass is 16.2. The van der Waals surface area contributed by atoms with Crippen molar-refractivity contribution in [3.8, 4) is 0 Å². The van der Waals surface area contributed by atoms with Gasteiger partial charge in [-0.3, -0.25) is 14.5 Å². The molecule has 0 aromatic carbocycles. The minimum atomic E-state index is -0.301. The minimum Gasteiger partial charge on any atom is -0.347 e. The van der Waals surface area contributed by atoms with E-state index in [0.29, 0.717) is 12.2 Å². The van der Waals surface area contributed by atoms with Gasteiger partial charge in [0.2, 0.25) is 11.8 Å². The number of aromatic amines is 1. The van der Waals surface area contributed by atoms with Gasteiger partial charge >= 0.3 is 0 Å². The number of likely N-dealkylation sites (tertiary alicyclic amines) is 1. The van der Waals surface area contributed by atoms with Crippen LogP contribution in [0.3, 0.4) is 0 Å². The number of imidazole rings is 1. The third kappa shape index (κ3) is 1.54. The number of hydrogen-bond acceptors (Lipinski definition) is 3. The van der Waals surface area contributed by atoms with E-state index in [9.17, 15) is 9.59 Å². The second-order valence-electron chi connectivity index (χ2n) is 3.86. The number of imide groups is 1. The lowest BCUT2D eigenvalue weighted by atomic mass is 10.1. The molecule has 1 aromatic heterocycles. The topological polar surface area (TPSA) is 66.1 Å². The zero-order valence-corrected chi connectivity index (χ0v) is 8.73. The molecule has 2 atom stereocenters. The van der Waals surface area contributed by atoms with Crippen LogP contribution in [0.25, 0.3) is 0 Å². The minimum absolute atomic E-state index is 0.107. The van der Waals surface area contributed by atoms with Crippen LogP contribution in [0.2, 0.25) is 0 Å². The Bertz CT molecular complexity index is 385. The van der Waals surface area contributed by atoms with Crippen LogP contribution in [0.15, 0.2) is 12.4 Å². The van der Waals surface area contributed by atoms with E-state index in [0.717, 1.165) is 0 Å². The summed E-state index contributed by atoms with van der Waals surface area (Å²) in [5, 5.41) is 0. The molecule has 15 heavy (non-hydrogen) atoms. The predicted octanol–water partition coefficient (Wildman–Crippen LogP) is 0.866. The van der Waals surface area contributed by atoms with Gasteiger partial charge in [0.25, 0.3) is 0 Å². The molecule has 0 saturated carbocycles. The van der Waals surface area contributed by atoms with Gasteiger partial charge in [0.05, 0.1) is 6.04 Å². The quantitative estimate of drug-likeness (QED) is 0.731. The number of amides is 2. The molecule has 0 spiro atoms. The maximum Gasteiger partial charge on any atom is 0.233 e. The molecule has 1 saturated heterocycles. The van der Waals surface area contributed by atoms with Crippen molar-refractivity contribution in [1.82, 2.24) is 14.9 Å². The van der Waals surface area contributed by atoms with Crippen LogP contribution in [0.5, 0.6) is 0 Å². The predicted molar refractivity (Wildman–Crippen MR) is 52.6 cm³/mol. The molecule has 1 fully saturated rings. The Kier molecular flexibility index (Phi) is 2.30. The third-order valence-electron chi connectivity index (χ3n) is 2.71. The van der Waals surface area contributed by atoms with Gasteiger partial charge in [0, 0.05) is 24.7 Å². The summed E-state index contributed by atoms with van der Waals surface area (Å²) in [6.45, 7) is 3.57. The van der Waals surface area contributed by atoms with E-state index in [4.69, 9.17) is 0 Å². The van der Waals surface area contributed by atoms with E-state index in [-0.39, 0.29) is 23.8 Å². The summed E-state index contributed by atoms with van der Waals surface area (Å²) in [5.74, 6) is 0.223. The Morgan fingerprint density at radius 2 is 2.33 bits per heavy atom. The number of carbonyl (C=O) groups excluding carboxylic acids is 2. The maximum absolute atomic E-state index is 11.7. The molecule has 80 valence electrons.